The number of amides is 1. The highest BCUT2D eigenvalue weighted by molar-refractivity contribution is 8.01. The van der Waals surface area contributed by atoms with Crippen LogP contribution in [-0.2, 0) is 4.79 Å². The van der Waals surface area contributed by atoms with E-state index in [0.29, 0.717) is 19.0 Å². The first-order valence-electron chi connectivity index (χ1n) is 8.89. The van der Waals surface area contributed by atoms with E-state index < -0.39 is 0 Å². The molecular formula is C18H24N4O3S2. The van der Waals surface area contributed by atoms with Gasteiger partial charge in [0.1, 0.15) is 0 Å². The molecule has 2 N–H and O–H groups in total. The summed E-state index contributed by atoms with van der Waals surface area (Å²) in [5, 5.41) is 14.8. The van der Waals surface area contributed by atoms with E-state index in [2.05, 4.69) is 34.7 Å². The fourth-order valence-electron chi connectivity index (χ4n) is 2.72. The minimum Gasteiger partial charge on any atom is -0.490 e. The summed E-state index contributed by atoms with van der Waals surface area (Å²) < 4.78 is 12.2. The van der Waals surface area contributed by atoms with Crippen LogP contribution in [0.15, 0.2) is 22.5 Å². The Kier molecular flexibility index (Phi) is 6.78. The van der Waals surface area contributed by atoms with E-state index in [9.17, 15) is 4.79 Å². The molecule has 1 atom stereocenters. The van der Waals surface area contributed by atoms with Gasteiger partial charge in [0.05, 0.1) is 25.0 Å². The molecule has 9 heteroatoms. The van der Waals surface area contributed by atoms with Gasteiger partial charge >= 0.3 is 0 Å². The summed E-state index contributed by atoms with van der Waals surface area (Å²) in [4.78, 5) is 12.5. The van der Waals surface area contributed by atoms with E-state index >= 15 is 0 Å². The smallest absolute Gasteiger partial charge is 0.230 e. The Morgan fingerprint density at radius 1 is 1.26 bits per heavy atom. The average Bonchev–Trinajstić information content (AvgIpc) is 3.00. The van der Waals surface area contributed by atoms with Crippen LogP contribution in [0.4, 0.5) is 5.13 Å². The van der Waals surface area contributed by atoms with Crippen LogP contribution in [0.1, 0.15) is 31.9 Å². The molecule has 27 heavy (non-hydrogen) atoms. The predicted octanol–water partition coefficient (Wildman–Crippen LogP) is 3.35. The van der Waals surface area contributed by atoms with Crippen LogP contribution in [-0.4, -0.2) is 42.1 Å². The molecule has 146 valence electrons. The lowest BCUT2D eigenvalue weighted by Crippen LogP contribution is -2.33. The molecule has 1 aliphatic rings. The monoisotopic (exact) mass is 408 g/mol. The second-order valence-corrected chi connectivity index (χ2v) is 8.66. The molecule has 7 nitrogen and oxygen atoms in total. The molecule has 0 fully saturated rings. The van der Waals surface area contributed by atoms with Crippen LogP contribution >= 0.6 is 23.1 Å². The van der Waals surface area contributed by atoms with Gasteiger partial charge in [-0.3, -0.25) is 4.79 Å². The number of hydrogen-bond acceptors (Lipinski definition) is 8. The van der Waals surface area contributed by atoms with E-state index in [1.807, 2.05) is 18.2 Å². The lowest BCUT2D eigenvalue weighted by atomic mass is 9.95. The minimum atomic E-state index is -0.0995. The molecule has 0 unspecified atom stereocenters. The fourth-order valence-corrected chi connectivity index (χ4v) is 4.24. The largest absolute Gasteiger partial charge is 0.490 e. The van der Waals surface area contributed by atoms with Crippen LogP contribution < -0.4 is 20.1 Å². The number of nitrogens with one attached hydrogen (secondary N) is 2. The number of hydrogen-bond donors (Lipinski definition) is 2. The number of fused-ring (bicyclic) bond motifs is 1. The summed E-state index contributed by atoms with van der Waals surface area (Å²) in [6, 6.07) is 5.79. The molecular weight excluding hydrogens is 384 g/mol. The van der Waals surface area contributed by atoms with Gasteiger partial charge in [0.25, 0.3) is 0 Å². The Hall–Kier alpha value is -2.00. The predicted molar refractivity (Wildman–Crippen MR) is 108 cm³/mol. The number of rotatable bonds is 7. The second kappa shape index (κ2) is 9.27. The van der Waals surface area contributed by atoms with Crippen molar-refractivity contribution in [3.63, 3.8) is 0 Å². The number of carbonyl (C=O) groups is 1. The van der Waals surface area contributed by atoms with E-state index in [1.54, 1.807) is 7.05 Å². The average molecular weight is 409 g/mol. The molecule has 0 spiro atoms. The van der Waals surface area contributed by atoms with Crippen LogP contribution in [0.25, 0.3) is 0 Å². The Labute approximate surface area is 167 Å². The highest BCUT2D eigenvalue weighted by atomic mass is 32.2. The van der Waals surface area contributed by atoms with Crippen LogP contribution in [0.5, 0.6) is 11.5 Å². The van der Waals surface area contributed by atoms with Gasteiger partial charge in [-0.25, -0.2) is 0 Å². The topological polar surface area (TPSA) is 85.4 Å². The summed E-state index contributed by atoms with van der Waals surface area (Å²) in [5.74, 6) is 2.00. The highest BCUT2D eigenvalue weighted by Crippen LogP contribution is 2.34. The Morgan fingerprint density at radius 2 is 2.04 bits per heavy atom. The summed E-state index contributed by atoms with van der Waals surface area (Å²) in [5.41, 5.74) is 1.01. The molecule has 1 aliphatic heterocycles. The molecule has 1 aromatic carbocycles. The maximum atomic E-state index is 12.5. The molecule has 0 saturated carbocycles. The van der Waals surface area contributed by atoms with Gasteiger partial charge in [0, 0.05) is 13.5 Å². The van der Waals surface area contributed by atoms with Crippen LogP contribution in [0.3, 0.4) is 0 Å². The number of nitrogens with zero attached hydrogens (tertiary/aromatic N) is 2. The molecule has 0 bridgehead atoms. The van der Waals surface area contributed by atoms with Gasteiger partial charge < -0.3 is 20.1 Å². The van der Waals surface area contributed by atoms with E-state index in [1.165, 1.54) is 23.1 Å². The number of ether oxygens (including phenoxy) is 2. The zero-order chi connectivity index (χ0) is 19.2. The molecule has 1 amide bonds. The van der Waals surface area contributed by atoms with Crippen molar-refractivity contribution >= 4 is 34.1 Å². The minimum absolute atomic E-state index is 0.0352. The number of thioether (sulfide) groups is 1. The summed E-state index contributed by atoms with van der Waals surface area (Å²) in [6.07, 6.45) is 0.868. The Morgan fingerprint density at radius 3 is 2.74 bits per heavy atom. The van der Waals surface area contributed by atoms with Crippen LogP contribution in [0.2, 0.25) is 0 Å². The van der Waals surface area contributed by atoms with Crippen molar-refractivity contribution in [1.82, 2.24) is 15.5 Å². The third-order valence-electron chi connectivity index (χ3n) is 4.06. The van der Waals surface area contributed by atoms with Crippen molar-refractivity contribution in [2.45, 2.75) is 30.6 Å². The Balaban J connectivity index is 1.64. The number of aromatic nitrogens is 2. The molecule has 2 heterocycles. The molecule has 0 saturated heterocycles. The van der Waals surface area contributed by atoms with E-state index in [-0.39, 0.29) is 17.9 Å². The first kappa shape index (κ1) is 19.8. The number of benzene rings is 1. The SMILES string of the molecule is CNc1nnc(SCC(=O)N[C@@H](c2ccc3c(c2)OCCCO3)C(C)C)s1. The van der Waals surface area contributed by atoms with Gasteiger partial charge in [0.15, 0.2) is 15.8 Å². The molecule has 2 aromatic rings. The van der Waals surface area contributed by atoms with Crippen molar-refractivity contribution in [2.75, 3.05) is 31.3 Å². The maximum absolute atomic E-state index is 12.5. The first-order valence-corrected chi connectivity index (χ1v) is 10.7. The van der Waals surface area contributed by atoms with Gasteiger partial charge in [-0.2, -0.15) is 0 Å². The highest BCUT2D eigenvalue weighted by Gasteiger charge is 2.21. The van der Waals surface area contributed by atoms with E-state index in [4.69, 9.17) is 9.47 Å². The Bertz CT molecular complexity index is 782. The van der Waals surface area contributed by atoms with E-state index in [0.717, 1.165) is 33.0 Å². The number of anilines is 1. The van der Waals surface area contributed by atoms with Gasteiger partial charge in [0.2, 0.25) is 11.0 Å². The second-order valence-electron chi connectivity index (χ2n) is 6.46. The molecule has 0 radical (unpaired) electrons. The number of carbonyl (C=O) groups excluding carboxylic acids is 1. The van der Waals surface area contributed by atoms with Gasteiger partial charge in [-0.15, -0.1) is 10.2 Å². The lowest BCUT2D eigenvalue weighted by molar-refractivity contribution is -0.119. The van der Waals surface area contributed by atoms with Crippen molar-refractivity contribution in [2.24, 2.45) is 5.92 Å². The summed E-state index contributed by atoms with van der Waals surface area (Å²) in [7, 11) is 1.80. The third-order valence-corrected chi connectivity index (χ3v) is 6.13. The third kappa shape index (κ3) is 5.26. The zero-order valence-electron chi connectivity index (χ0n) is 15.7. The molecule has 3 rings (SSSR count). The lowest BCUT2D eigenvalue weighted by Gasteiger charge is -2.23. The quantitative estimate of drug-likeness (QED) is 0.680. The van der Waals surface area contributed by atoms with Crippen molar-refractivity contribution in [1.29, 1.82) is 0 Å². The van der Waals surface area contributed by atoms with Crippen molar-refractivity contribution < 1.29 is 14.3 Å². The maximum Gasteiger partial charge on any atom is 0.230 e. The zero-order valence-corrected chi connectivity index (χ0v) is 17.3. The summed E-state index contributed by atoms with van der Waals surface area (Å²) in [6.45, 7) is 5.48. The van der Waals surface area contributed by atoms with Crippen molar-refractivity contribution in [3.8, 4) is 11.5 Å². The van der Waals surface area contributed by atoms with Gasteiger partial charge in [-0.1, -0.05) is 43.0 Å². The normalized spacial score (nSPS) is 14.5. The summed E-state index contributed by atoms with van der Waals surface area (Å²) >= 11 is 2.82. The van der Waals surface area contributed by atoms with Gasteiger partial charge in [-0.05, 0) is 23.6 Å². The fraction of sp³-hybridized carbons (Fsp3) is 0.500. The van der Waals surface area contributed by atoms with Crippen molar-refractivity contribution in [3.05, 3.63) is 23.8 Å². The molecule has 0 aliphatic carbocycles. The first-order chi connectivity index (χ1) is 13.1. The molecule has 1 aromatic heterocycles. The van der Waals surface area contributed by atoms with Crippen LogP contribution in [0, 0.1) is 5.92 Å². The standard InChI is InChI=1S/C18H24N4O3S2/c1-11(2)16(12-5-6-13-14(9-12)25-8-4-7-24-13)20-15(23)10-26-18-22-21-17(19-3)27-18/h5-6,9,11,16H,4,7-8,10H2,1-3H3,(H,19,21)(H,20,23)/t16-/m1/s1.